The Morgan fingerprint density at radius 1 is 1.04 bits per heavy atom. The fourth-order valence-electron chi connectivity index (χ4n) is 2.53. The van der Waals surface area contributed by atoms with Crippen molar-refractivity contribution in [1.82, 2.24) is 5.32 Å². The summed E-state index contributed by atoms with van der Waals surface area (Å²) in [6.45, 7) is 7.06. The summed E-state index contributed by atoms with van der Waals surface area (Å²) in [6.07, 6.45) is 0.448. The molecule has 0 spiro atoms. The van der Waals surface area contributed by atoms with Crippen LogP contribution in [0.25, 0.3) is 0 Å². The van der Waals surface area contributed by atoms with Crippen molar-refractivity contribution >= 4 is 12.4 Å². The third-order valence-electron chi connectivity index (χ3n) is 3.92. The summed E-state index contributed by atoms with van der Waals surface area (Å²) in [6, 6.07) is 16.7. The van der Waals surface area contributed by atoms with Crippen LogP contribution in [0.3, 0.4) is 0 Å². The second kappa shape index (κ2) is 10.3. The zero-order valence-corrected chi connectivity index (χ0v) is 15.5. The van der Waals surface area contributed by atoms with Gasteiger partial charge in [-0.3, -0.25) is 0 Å². The van der Waals surface area contributed by atoms with Crippen LogP contribution in [0.15, 0.2) is 48.5 Å². The molecule has 2 unspecified atom stereocenters. The molecule has 0 aliphatic rings. The van der Waals surface area contributed by atoms with E-state index in [0.29, 0.717) is 13.2 Å². The molecule has 0 heterocycles. The molecule has 2 atom stereocenters. The van der Waals surface area contributed by atoms with E-state index in [0.717, 1.165) is 17.7 Å². The van der Waals surface area contributed by atoms with E-state index in [2.05, 4.69) is 43.4 Å². The topological polar surface area (TPSA) is 41.5 Å². The number of benzene rings is 2. The van der Waals surface area contributed by atoms with Crippen molar-refractivity contribution in [3.63, 3.8) is 0 Å². The molecule has 0 aromatic heterocycles. The summed E-state index contributed by atoms with van der Waals surface area (Å²) in [5, 5.41) is 13.6. The summed E-state index contributed by atoms with van der Waals surface area (Å²) >= 11 is 0. The molecule has 0 radical (unpaired) electrons. The molecular formula is C20H28ClNO2. The Hall–Kier alpha value is -1.55. The van der Waals surface area contributed by atoms with Gasteiger partial charge < -0.3 is 15.2 Å². The lowest BCUT2D eigenvalue weighted by Crippen LogP contribution is -2.33. The van der Waals surface area contributed by atoms with Gasteiger partial charge in [0.25, 0.3) is 0 Å². The largest absolute Gasteiger partial charge is 0.491 e. The Morgan fingerprint density at radius 3 is 2.38 bits per heavy atom. The van der Waals surface area contributed by atoms with Crippen LogP contribution in [-0.2, 0) is 0 Å². The van der Waals surface area contributed by atoms with Crippen LogP contribution in [-0.4, -0.2) is 24.4 Å². The van der Waals surface area contributed by atoms with Crippen molar-refractivity contribution in [2.75, 3.05) is 13.2 Å². The number of aryl methyl sites for hydroxylation is 2. The SMILES string of the molecule is CCC(NCC(O)COc1cccc(C)c1)c1ccc(C)cc1.Cl. The first-order chi connectivity index (χ1) is 11.1. The first-order valence-corrected chi connectivity index (χ1v) is 8.26. The van der Waals surface area contributed by atoms with E-state index in [1.165, 1.54) is 11.1 Å². The van der Waals surface area contributed by atoms with Crippen molar-refractivity contribution in [2.45, 2.75) is 39.3 Å². The molecule has 24 heavy (non-hydrogen) atoms. The molecular weight excluding hydrogens is 322 g/mol. The number of aliphatic hydroxyl groups is 1. The maximum atomic E-state index is 10.1. The average Bonchev–Trinajstić information content (AvgIpc) is 2.55. The van der Waals surface area contributed by atoms with Crippen LogP contribution in [0.2, 0.25) is 0 Å². The molecule has 0 aliphatic heterocycles. The summed E-state index contributed by atoms with van der Waals surface area (Å²) in [5.74, 6) is 0.801. The van der Waals surface area contributed by atoms with E-state index in [9.17, 15) is 5.11 Å². The quantitative estimate of drug-likeness (QED) is 0.750. The minimum Gasteiger partial charge on any atom is -0.491 e. The smallest absolute Gasteiger partial charge is 0.119 e. The Balaban J connectivity index is 0.00000288. The fraction of sp³-hybridized carbons (Fsp3) is 0.400. The fourth-order valence-corrected chi connectivity index (χ4v) is 2.53. The highest BCUT2D eigenvalue weighted by Crippen LogP contribution is 2.17. The summed E-state index contributed by atoms with van der Waals surface area (Å²) in [4.78, 5) is 0. The molecule has 0 aliphatic carbocycles. The standard InChI is InChI=1S/C20H27NO2.ClH/c1-4-20(17-10-8-15(2)9-11-17)21-13-18(22)14-23-19-7-5-6-16(3)12-19;/h5-12,18,20-22H,4,13-14H2,1-3H3;1H. The number of aliphatic hydroxyl groups excluding tert-OH is 1. The highest BCUT2D eigenvalue weighted by molar-refractivity contribution is 5.85. The minimum absolute atomic E-state index is 0. The lowest BCUT2D eigenvalue weighted by atomic mass is 10.0. The molecule has 0 saturated heterocycles. The van der Waals surface area contributed by atoms with Gasteiger partial charge >= 0.3 is 0 Å². The molecule has 0 fully saturated rings. The lowest BCUT2D eigenvalue weighted by Gasteiger charge is -2.20. The normalized spacial score (nSPS) is 13.0. The monoisotopic (exact) mass is 349 g/mol. The van der Waals surface area contributed by atoms with E-state index >= 15 is 0 Å². The van der Waals surface area contributed by atoms with Gasteiger partial charge in [0.1, 0.15) is 18.5 Å². The zero-order valence-electron chi connectivity index (χ0n) is 14.7. The molecule has 2 rings (SSSR count). The third kappa shape index (κ3) is 6.52. The van der Waals surface area contributed by atoms with E-state index in [1.54, 1.807) is 0 Å². The molecule has 3 nitrogen and oxygen atoms in total. The molecule has 2 aromatic carbocycles. The van der Waals surface area contributed by atoms with Crippen LogP contribution < -0.4 is 10.1 Å². The van der Waals surface area contributed by atoms with Crippen molar-refractivity contribution in [3.05, 3.63) is 65.2 Å². The minimum atomic E-state index is -0.532. The first kappa shape index (κ1) is 20.5. The maximum Gasteiger partial charge on any atom is 0.119 e. The van der Waals surface area contributed by atoms with Gasteiger partial charge in [0, 0.05) is 12.6 Å². The van der Waals surface area contributed by atoms with Gasteiger partial charge in [0.05, 0.1) is 0 Å². The van der Waals surface area contributed by atoms with Crippen molar-refractivity contribution in [1.29, 1.82) is 0 Å². The van der Waals surface area contributed by atoms with Crippen LogP contribution in [0, 0.1) is 13.8 Å². The first-order valence-electron chi connectivity index (χ1n) is 8.26. The van der Waals surface area contributed by atoms with Gasteiger partial charge in [-0.25, -0.2) is 0 Å². The molecule has 2 aromatic rings. The van der Waals surface area contributed by atoms with Gasteiger partial charge in [-0.2, -0.15) is 0 Å². The number of ether oxygens (including phenoxy) is 1. The van der Waals surface area contributed by atoms with Crippen LogP contribution in [0.1, 0.15) is 36.1 Å². The van der Waals surface area contributed by atoms with E-state index in [4.69, 9.17) is 4.74 Å². The molecule has 2 N–H and O–H groups in total. The van der Waals surface area contributed by atoms with Crippen LogP contribution in [0.5, 0.6) is 5.75 Å². The van der Waals surface area contributed by atoms with Crippen molar-refractivity contribution in [2.24, 2.45) is 0 Å². The zero-order chi connectivity index (χ0) is 16.7. The molecule has 132 valence electrons. The Morgan fingerprint density at radius 2 is 1.75 bits per heavy atom. The summed E-state index contributed by atoms with van der Waals surface area (Å²) in [7, 11) is 0. The highest BCUT2D eigenvalue weighted by atomic mass is 35.5. The molecule has 0 bridgehead atoms. The summed E-state index contributed by atoms with van der Waals surface area (Å²) in [5.41, 5.74) is 3.67. The molecule has 0 amide bonds. The molecule has 0 saturated carbocycles. The predicted molar refractivity (Wildman–Crippen MR) is 102 cm³/mol. The third-order valence-corrected chi connectivity index (χ3v) is 3.92. The highest BCUT2D eigenvalue weighted by Gasteiger charge is 2.12. The van der Waals surface area contributed by atoms with E-state index in [-0.39, 0.29) is 18.4 Å². The van der Waals surface area contributed by atoms with Gasteiger partial charge in [-0.15, -0.1) is 12.4 Å². The Bertz CT molecular complexity index is 601. The second-order valence-corrected chi connectivity index (χ2v) is 6.06. The number of halogens is 1. The predicted octanol–water partition coefficient (Wildman–Crippen LogP) is 4.21. The van der Waals surface area contributed by atoms with Gasteiger partial charge in [0.2, 0.25) is 0 Å². The second-order valence-electron chi connectivity index (χ2n) is 6.06. The van der Waals surface area contributed by atoms with Gasteiger partial charge in [-0.1, -0.05) is 48.9 Å². The lowest BCUT2D eigenvalue weighted by molar-refractivity contribution is 0.103. The van der Waals surface area contributed by atoms with Crippen LogP contribution in [0.4, 0.5) is 0 Å². The summed E-state index contributed by atoms with van der Waals surface area (Å²) < 4.78 is 5.65. The van der Waals surface area contributed by atoms with Crippen LogP contribution >= 0.6 is 12.4 Å². The van der Waals surface area contributed by atoms with Gasteiger partial charge in [-0.05, 0) is 43.5 Å². The van der Waals surface area contributed by atoms with Crippen molar-refractivity contribution in [3.8, 4) is 5.75 Å². The maximum absolute atomic E-state index is 10.1. The number of hydrogen-bond acceptors (Lipinski definition) is 3. The Labute approximate surface area is 151 Å². The van der Waals surface area contributed by atoms with Crippen molar-refractivity contribution < 1.29 is 9.84 Å². The Kier molecular flexibility index (Phi) is 8.83. The van der Waals surface area contributed by atoms with E-state index in [1.807, 2.05) is 31.2 Å². The number of nitrogens with one attached hydrogen (secondary N) is 1. The van der Waals surface area contributed by atoms with Gasteiger partial charge in [0.15, 0.2) is 0 Å². The number of rotatable bonds is 8. The van der Waals surface area contributed by atoms with E-state index < -0.39 is 6.10 Å². The number of hydrogen-bond donors (Lipinski definition) is 2. The molecule has 4 heteroatoms. The average molecular weight is 350 g/mol.